The van der Waals surface area contributed by atoms with Crippen LogP contribution in [0.4, 0.5) is 0 Å². The molecule has 0 nitrogen and oxygen atoms in total. The molecule has 15 heavy (non-hydrogen) atoms. The van der Waals surface area contributed by atoms with E-state index < -0.39 is 0 Å². The van der Waals surface area contributed by atoms with Crippen molar-refractivity contribution in [2.75, 3.05) is 0 Å². The zero-order chi connectivity index (χ0) is 11.1. The van der Waals surface area contributed by atoms with Gasteiger partial charge in [0.1, 0.15) is 0 Å². The van der Waals surface area contributed by atoms with Crippen molar-refractivity contribution < 1.29 is 0 Å². The zero-order valence-corrected chi connectivity index (χ0v) is 10.6. The minimum atomic E-state index is 0.225. The Kier molecular flexibility index (Phi) is 2.81. The smallest absolute Gasteiger partial charge is 0.0588 e. The fourth-order valence-electron chi connectivity index (χ4n) is 2.21. The Morgan fingerprint density at radius 1 is 1.27 bits per heavy atom. The van der Waals surface area contributed by atoms with Crippen LogP contribution in [0.15, 0.2) is 18.2 Å². The number of hydrogen-bond acceptors (Lipinski definition) is 0. The fraction of sp³-hybridized carbons (Fsp3) is 0.571. The minimum Gasteiger partial charge on any atom is -0.118 e. The van der Waals surface area contributed by atoms with Crippen molar-refractivity contribution in [2.45, 2.75) is 50.8 Å². The molecule has 1 aromatic rings. The summed E-state index contributed by atoms with van der Waals surface area (Å²) in [5.41, 5.74) is 4.45. The first-order valence-electron chi connectivity index (χ1n) is 5.76. The van der Waals surface area contributed by atoms with E-state index in [-0.39, 0.29) is 10.8 Å². The lowest BCUT2D eigenvalue weighted by atomic mass is 9.82. The quantitative estimate of drug-likeness (QED) is 0.563. The number of halogens is 1. The molecule has 0 aliphatic heterocycles. The SMILES string of the molecule is CC(C)(C)c1ccc2c(c1)C(Cl)CCC2. The maximum absolute atomic E-state index is 6.37. The number of benzene rings is 1. The third-order valence-electron chi connectivity index (χ3n) is 3.25. The molecule has 82 valence electrons. The second-order valence-corrected chi connectivity index (χ2v) is 6.05. The molecule has 2 rings (SSSR count). The van der Waals surface area contributed by atoms with E-state index in [9.17, 15) is 0 Å². The first-order valence-corrected chi connectivity index (χ1v) is 6.19. The molecule has 0 spiro atoms. The summed E-state index contributed by atoms with van der Waals surface area (Å²) in [5.74, 6) is 0. The van der Waals surface area contributed by atoms with Crippen molar-refractivity contribution in [2.24, 2.45) is 0 Å². The number of hydrogen-bond donors (Lipinski definition) is 0. The molecular weight excluding hydrogens is 204 g/mol. The Morgan fingerprint density at radius 2 is 2.00 bits per heavy atom. The van der Waals surface area contributed by atoms with Crippen molar-refractivity contribution >= 4 is 11.6 Å². The fourth-order valence-corrected chi connectivity index (χ4v) is 2.57. The van der Waals surface area contributed by atoms with Gasteiger partial charge >= 0.3 is 0 Å². The summed E-state index contributed by atoms with van der Waals surface area (Å²) in [6.07, 6.45) is 3.56. The van der Waals surface area contributed by atoms with Gasteiger partial charge in [-0.3, -0.25) is 0 Å². The molecule has 0 heterocycles. The Morgan fingerprint density at radius 3 is 2.67 bits per heavy atom. The zero-order valence-electron chi connectivity index (χ0n) is 9.81. The van der Waals surface area contributed by atoms with Crippen molar-refractivity contribution in [1.82, 2.24) is 0 Å². The standard InChI is InChI=1S/C14H19Cl/c1-14(2,3)11-8-7-10-5-4-6-13(15)12(10)9-11/h7-9,13H,4-6H2,1-3H3. The van der Waals surface area contributed by atoms with Crippen molar-refractivity contribution in [3.63, 3.8) is 0 Å². The highest BCUT2D eigenvalue weighted by molar-refractivity contribution is 6.21. The van der Waals surface area contributed by atoms with Gasteiger partial charge in [-0.1, -0.05) is 39.0 Å². The first-order chi connectivity index (χ1) is 6.98. The van der Waals surface area contributed by atoms with E-state index in [0.29, 0.717) is 0 Å². The number of alkyl halides is 1. The molecular formula is C14H19Cl. The van der Waals surface area contributed by atoms with Crippen LogP contribution in [0.25, 0.3) is 0 Å². The van der Waals surface area contributed by atoms with Gasteiger partial charge in [0.2, 0.25) is 0 Å². The highest BCUT2D eigenvalue weighted by Gasteiger charge is 2.21. The van der Waals surface area contributed by atoms with Gasteiger partial charge in [0, 0.05) is 0 Å². The molecule has 0 amide bonds. The molecule has 1 unspecified atom stereocenters. The molecule has 1 heteroatoms. The van der Waals surface area contributed by atoms with Crippen LogP contribution in [-0.2, 0) is 11.8 Å². The van der Waals surface area contributed by atoms with Crippen LogP contribution >= 0.6 is 11.6 Å². The number of aryl methyl sites for hydroxylation is 1. The normalized spacial score (nSPS) is 21.2. The molecule has 0 bridgehead atoms. The van der Waals surface area contributed by atoms with Crippen molar-refractivity contribution in [3.8, 4) is 0 Å². The van der Waals surface area contributed by atoms with Crippen molar-refractivity contribution in [3.05, 3.63) is 34.9 Å². The third kappa shape index (κ3) is 2.20. The Bertz CT molecular complexity index is 360. The molecule has 0 radical (unpaired) electrons. The summed E-state index contributed by atoms with van der Waals surface area (Å²) in [5, 5.41) is 0.232. The average Bonchev–Trinajstić information content (AvgIpc) is 2.16. The molecule has 1 aliphatic rings. The minimum absolute atomic E-state index is 0.225. The van der Waals surface area contributed by atoms with Crippen LogP contribution < -0.4 is 0 Å². The van der Waals surface area contributed by atoms with Crippen LogP contribution in [-0.4, -0.2) is 0 Å². The lowest BCUT2D eigenvalue weighted by Crippen LogP contribution is -2.14. The second kappa shape index (κ2) is 3.83. The van der Waals surface area contributed by atoms with Crippen LogP contribution in [0, 0.1) is 0 Å². The lowest BCUT2D eigenvalue weighted by molar-refractivity contribution is 0.584. The molecule has 1 atom stereocenters. The van der Waals surface area contributed by atoms with Gasteiger partial charge in [-0.15, -0.1) is 11.6 Å². The summed E-state index contributed by atoms with van der Waals surface area (Å²) < 4.78 is 0. The van der Waals surface area contributed by atoms with Gasteiger partial charge in [-0.2, -0.15) is 0 Å². The third-order valence-corrected chi connectivity index (χ3v) is 3.71. The molecule has 0 N–H and O–H groups in total. The number of rotatable bonds is 0. The van der Waals surface area contributed by atoms with Crippen LogP contribution in [0.5, 0.6) is 0 Å². The molecule has 1 aromatic carbocycles. The molecule has 0 fully saturated rings. The molecule has 0 saturated heterocycles. The molecule has 0 aromatic heterocycles. The summed E-state index contributed by atoms with van der Waals surface area (Å²) in [4.78, 5) is 0. The van der Waals surface area contributed by atoms with E-state index in [4.69, 9.17) is 11.6 Å². The average molecular weight is 223 g/mol. The van der Waals surface area contributed by atoms with E-state index in [0.717, 1.165) is 6.42 Å². The van der Waals surface area contributed by atoms with Gasteiger partial charge in [0.05, 0.1) is 5.38 Å². The Labute approximate surface area is 97.6 Å². The largest absolute Gasteiger partial charge is 0.118 e. The van der Waals surface area contributed by atoms with E-state index in [2.05, 4.69) is 39.0 Å². The highest BCUT2D eigenvalue weighted by atomic mass is 35.5. The maximum Gasteiger partial charge on any atom is 0.0588 e. The lowest BCUT2D eigenvalue weighted by Gasteiger charge is -2.25. The maximum atomic E-state index is 6.37. The Balaban J connectivity index is 2.44. The van der Waals surface area contributed by atoms with Crippen LogP contribution in [0.3, 0.4) is 0 Å². The summed E-state index contributed by atoms with van der Waals surface area (Å²) in [6, 6.07) is 6.84. The van der Waals surface area contributed by atoms with Crippen LogP contribution in [0.1, 0.15) is 55.7 Å². The van der Waals surface area contributed by atoms with Gasteiger partial charge in [-0.05, 0) is 41.4 Å². The summed E-state index contributed by atoms with van der Waals surface area (Å²) in [6.45, 7) is 6.75. The van der Waals surface area contributed by atoms with Gasteiger partial charge < -0.3 is 0 Å². The second-order valence-electron chi connectivity index (χ2n) is 5.52. The predicted octanol–water partition coefficient (Wildman–Crippen LogP) is 4.60. The topological polar surface area (TPSA) is 0 Å². The summed E-state index contributed by atoms with van der Waals surface area (Å²) in [7, 11) is 0. The molecule has 1 aliphatic carbocycles. The Hall–Kier alpha value is -0.490. The molecule has 0 saturated carbocycles. The van der Waals surface area contributed by atoms with E-state index in [1.807, 2.05) is 0 Å². The van der Waals surface area contributed by atoms with Gasteiger partial charge in [0.25, 0.3) is 0 Å². The number of fused-ring (bicyclic) bond motifs is 1. The van der Waals surface area contributed by atoms with Gasteiger partial charge in [0.15, 0.2) is 0 Å². The van der Waals surface area contributed by atoms with E-state index >= 15 is 0 Å². The van der Waals surface area contributed by atoms with Crippen LogP contribution in [0.2, 0.25) is 0 Å². The monoisotopic (exact) mass is 222 g/mol. The van der Waals surface area contributed by atoms with E-state index in [1.54, 1.807) is 0 Å². The van der Waals surface area contributed by atoms with Gasteiger partial charge in [-0.25, -0.2) is 0 Å². The first kappa shape index (κ1) is 11.0. The summed E-state index contributed by atoms with van der Waals surface area (Å²) >= 11 is 6.37. The highest BCUT2D eigenvalue weighted by Crippen LogP contribution is 2.36. The van der Waals surface area contributed by atoms with Crippen molar-refractivity contribution in [1.29, 1.82) is 0 Å². The predicted molar refractivity (Wildman–Crippen MR) is 66.7 cm³/mol. The van der Waals surface area contributed by atoms with E-state index in [1.165, 1.54) is 29.5 Å².